The van der Waals surface area contributed by atoms with E-state index in [0.717, 1.165) is 0 Å². The van der Waals surface area contributed by atoms with Gasteiger partial charge in [0.05, 0.1) is 33.4 Å². The first-order valence-electron chi connectivity index (χ1n) is 11.1. The molecule has 0 heterocycles. The number of rotatable bonds is 9. The number of ketones is 1. The number of nitro benzene ring substituents is 1. The van der Waals surface area contributed by atoms with Gasteiger partial charge in [0.25, 0.3) is 0 Å². The molecule has 1 aliphatic carbocycles. The van der Waals surface area contributed by atoms with E-state index in [2.05, 4.69) is 20.8 Å². The van der Waals surface area contributed by atoms with Gasteiger partial charge in [0.1, 0.15) is 6.10 Å². The topological polar surface area (TPSA) is 106 Å². The van der Waals surface area contributed by atoms with Gasteiger partial charge in [-0.15, -0.1) is 0 Å². The fourth-order valence-corrected chi connectivity index (χ4v) is 4.97. The Labute approximate surface area is 207 Å². The average molecular weight is 502 g/mol. The van der Waals surface area contributed by atoms with E-state index in [1.807, 2.05) is 0 Å². The molecule has 2 aromatic rings. The van der Waals surface area contributed by atoms with E-state index in [9.17, 15) is 14.9 Å². The molecule has 0 spiro atoms. The van der Waals surface area contributed by atoms with Gasteiger partial charge in [0, 0.05) is 18.1 Å². The summed E-state index contributed by atoms with van der Waals surface area (Å²) >= 11 is 0. The van der Waals surface area contributed by atoms with E-state index >= 15 is 0 Å². The zero-order valence-corrected chi connectivity index (χ0v) is 22.5. The highest BCUT2D eigenvalue weighted by Gasteiger charge is 2.37. The fraction of sp³-hybridized carbons (Fsp3) is 0.400. The number of ether oxygens (including phenoxy) is 4. The third kappa shape index (κ3) is 5.49. The van der Waals surface area contributed by atoms with Crippen molar-refractivity contribution in [1.29, 1.82) is 0 Å². The fourth-order valence-electron chi connectivity index (χ4n) is 4.00. The summed E-state index contributed by atoms with van der Waals surface area (Å²) in [5, 5.41) is 11.6. The highest BCUT2D eigenvalue weighted by atomic mass is 28.2. The molecule has 0 N–H and O–H groups in total. The van der Waals surface area contributed by atoms with Crippen LogP contribution in [0.15, 0.2) is 30.3 Å². The molecule has 0 bridgehead atoms. The predicted molar refractivity (Wildman–Crippen MR) is 135 cm³/mol. The van der Waals surface area contributed by atoms with Crippen molar-refractivity contribution in [2.24, 2.45) is 0 Å². The summed E-state index contributed by atoms with van der Waals surface area (Å²) in [6.07, 6.45) is -0.332. The smallest absolute Gasteiger partial charge is 0.311 e. The van der Waals surface area contributed by atoms with E-state index in [1.165, 1.54) is 40.6 Å². The molecule has 35 heavy (non-hydrogen) atoms. The molecule has 0 fully saturated rings. The minimum Gasteiger partial charge on any atom is -0.493 e. The number of hydrogen-bond donors (Lipinski definition) is 0. The molecule has 10 heteroatoms. The Morgan fingerprint density at radius 2 is 1.51 bits per heavy atom. The Morgan fingerprint density at radius 1 is 0.914 bits per heavy atom. The maximum atomic E-state index is 13.6. The second kappa shape index (κ2) is 10.5. The summed E-state index contributed by atoms with van der Waals surface area (Å²) in [5.41, 5.74) is 1.96. The molecular formula is C25H31NO8Si. The average Bonchev–Trinajstić information content (AvgIpc) is 3.16. The van der Waals surface area contributed by atoms with Crippen molar-refractivity contribution >= 4 is 32.4 Å². The van der Waals surface area contributed by atoms with Crippen molar-refractivity contribution in [2.45, 2.75) is 38.3 Å². The highest BCUT2D eigenvalue weighted by Crippen LogP contribution is 2.46. The lowest BCUT2D eigenvalue weighted by Crippen LogP contribution is -2.26. The molecule has 0 aromatic heterocycles. The Kier molecular flexibility index (Phi) is 7.86. The minimum atomic E-state index is -1.03. The Balaban J connectivity index is 2.21. The van der Waals surface area contributed by atoms with Gasteiger partial charge in [-0.2, -0.15) is 0 Å². The largest absolute Gasteiger partial charge is 0.493 e. The number of methoxy groups -OCH3 is 4. The Hall–Kier alpha value is -3.37. The van der Waals surface area contributed by atoms with Crippen LogP contribution >= 0.6 is 0 Å². The monoisotopic (exact) mass is 501 g/mol. The van der Waals surface area contributed by atoms with Crippen molar-refractivity contribution in [2.75, 3.05) is 28.4 Å². The lowest BCUT2D eigenvalue weighted by molar-refractivity contribution is -0.385. The van der Waals surface area contributed by atoms with E-state index in [0.29, 0.717) is 45.9 Å². The second-order valence-electron chi connectivity index (χ2n) is 9.34. The summed E-state index contributed by atoms with van der Waals surface area (Å²) < 4.78 is 27.7. The van der Waals surface area contributed by atoms with Crippen LogP contribution in [-0.4, -0.2) is 55.0 Å². The van der Waals surface area contributed by atoms with Crippen molar-refractivity contribution in [3.8, 4) is 23.0 Å². The molecule has 2 aromatic carbocycles. The molecule has 0 aliphatic heterocycles. The minimum absolute atomic E-state index is 0.00531. The molecule has 3 rings (SSSR count). The third-order valence-electron chi connectivity index (χ3n) is 5.63. The van der Waals surface area contributed by atoms with Crippen LogP contribution in [0.25, 0.3) is 11.1 Å². The van der Waals surface area contributed by atoms with Crippen LogP contribution in [0.5, 0.6) is 23.0 Å². The summed E-state index contributed by atoms with van der Waals surface area (Å²) in [5.74, 6) is 1.22. The number of hydrogen-bond acceptors (Lipinski definition) is 8. The van der Waals surface area contributed by atoms with Crippen LogP contribution < -0.4 is 18.9 Å². The molecular weight excluding hydrogens is 470 g/mol. The van der Waals surface area contributed by atoms with E-state index in [1.54, 1.807) is 18.2 Å². The van der Waals surface area contributed by atoms with Crippen molar-refractivity contribution < 1.29 is 33.1 Å². The molecule has 1 unspecified atom stereocenters. The zero-order chi connectivity index (χ0) is 25.9. The van der Waals surface area contributed by atoms with Crippen molar-refractivity contribution in [3.05, 3.63) is 51.6 Å². The molecule has 1 atom stereocenters. The molecule has 9 nitrogen and oxygen atoms in total. The van der Waals surface area contributed by atoms with Gasteiger partial charge in [-0.25, -0.2) is 0 Å². The van der Waals surface area contributed by atoms with Gasteiger partial charge in [-0.3, -0.25) is 14.9 Å². The van der Waals surface area contributed by atoms with Gasteiger partial charge in [-0.05, 0) is 39.9 Å². The lowest BCUT2D eigenvalue weighted by Gasteiger charge is -2.20. The number of Topliss-reactive ketones (excluding diaryl/α,β-unsaturated/α-hetero) is 1. The number of carbonyl (C=O) groups is 1. The second-order valence-corrected chi connectivity index (χ2v) is 12.1. The molecule has 188 valence electrons. The van der Waals surface area contributed by atoms with Crippen LogP contribution in [-0.2, 0) is 9.22 Å². The summed E-state index contributed by atoms with van der Waals surface area (Å²) in [4.78, 5) is 24.8. The van der Waals surface area contributed by atoms with Crippen LogP contribution in [0, 0.1) is 10.1 Å². The van der Waals surface area contributed by atoms with Crippen LogP contribution in [0.3, 0.4) is 0 Å². The summed E-state index contributed by atoms with van der Waals surface area (Å²) in [6, 6.07) is 8.06. The molecule has 1 aliphatic rings. The third-order valence-corrected chi connectivity index (χ3v) is 7.06. The first kappa shape index (κ1) is 26.2. The maximum absolute atomic E-state index is 13.6. The zero-order valence-electron chi connectivity index (χ0n) is 21.1. The van der Waals surface area contributed by atoms with Gasteiger partial charge in [-0.1, -0.05) is 26.8 Å². The maximum Gasteiger partial charge on any atom is 0.311 e. The quantitative estimate of drug-likeness (QED) is 0.286. The summed E-state index contributed by atoms with van der Waals surface area (Å²) in [7, 11) is 4.89. The van der Waals surface area contributed by atoms with E-state index < -0.39 is 20.8 Å². The van der Waals surface area contributed by atoms with Gasteiger partial charge in [0.2, 0.25) is 5.75 Å². The highest BCUT2D eigenvalue weighted by molar-refractivity contribution is 6.36. The standard InChI is InChI=1S/C25H31NO8Si/c1-25(2,3)35-34-19-13-16(15-11-20(31-5)24(33-7)21(12-15)32-6)22(23(19)27)14-8-9-18(30-4)17(10-14)26(28)29/h8-12,19H,13,35H2,1-7H3. The number of nitro groups is 1. The molecule has 0 saturated heterocycles. The number of carbonyl (C=O) groups excluding carboxylic acids is 1. The van der Waals surface area contributed by atoms with E-state index in [4.69, 9.17) is 23.4 Å². The van der Waals surface area contributed by atoms with E-state index in [-0.39, 0.29) is 22.3 Å². The van der Waals surface area contributed by atoms with Crippen molar-refractivity contribution in [1.82, 2.24) is 0 Å². The summed E-state index contributed by atoms with van der Waals surface area (Å²) in [6.45, 7) is 6.25. The van der Waals surface area contributed by atoms with Crippen LogP contribution in [0.1, 0.15) is 38.3 Å². The van der Waals surface area contributed by atoms with Gasteiger partial charge < -0.3 is 23.4 Å². The lowest BCUT2D eigenvalue weighted by atomic mass is 9.95. The molecule has 0 radical (unpaired) electrons. The van der Waals surface area contributed by atoms with Gasteiger partial charge >= 0.3 is 5.69 Å². The Bertz CT molecular complexity index is 1140. The first-order chi connectivity index (χ1) is 16.5. The van der Waals surface area contributed by atoms with Crippen LogP contribution in [0.2, 0.25) is 5.04 Å². The number of nitrogens with zero attached hydrogens (tertiary/aromatic N) is 1. The SMILES string of the molecule is COc1ccc(C2=C(c3cc(OC)c(OC)c(OC)c3)CC(O[SiH2]C(C)(C)C)C2=O)cc1[N+](=O)[O-]. The normalized spacial score (nSPS) is 16.2. The van der Waals surface area contributed by atoms with Crippen molar-refractivity contribution in [3.63, 3.8) is 0 Å². The van der Waals surface area contributed by atoms with Gasteiger partial charge in [0.15, 0.2) is 32.8 Å². The first-order valence-corrected chi connectivity index (χ1v) is 12.3. The molecule has 0 saturated carbocycles. The Morgan fingerprint density at radius 3 is 2.00 bits per heavy atom. The number of benzene rings is 2. The predicted octanol–water partition coefficient (Wildman–Crippen LogP) is 4.20. The molecule has 0 amide bonds. The van der Waals surface area contributed by atoms with Crippen LogP contribution in [0.4, 0.5) is 5.69 Å².